The van der Waals surface area contributed by atoms with Gasteiger partial charge < -0.3 is 10.2 Å². The number of hydrogen-bond donors (Lipinski definition) is 1. The molecule has 0 saturated carbocycles. The summed E-state index contributed by atoms with van der Waals surface area (Å²) in [6.07, 6.45) is 1.63. The SMILES string of the molecule is CC(C)NCCN(C)c1ncnc2ccccc12. The van der Waals surface area contributed by atoms with Gasteiger partial charge in [0.15, 0.2) is 0 Å². The van der Waals surface area contributed by atoms with E-state index in [0.29, 0.717) is 6.04 Å². The lowest BCUT2D eigenvalue weighted by molar-refractivity contribution is 0.588. The zero-order chi connectivity index (χ0) is 13.0. The first kappa shape index (κ1) is 12.8. The van der Waals surface area contributed by atoms with Crippen LogP contribution in [0.3, 0.4) is 0 Å². The molecule has 2 aromatic rings. The quantitative estimate of drug-likeness (QED) is 0.874. The van der Waals surface area contributed by atoms with E-state index in [2.05, 4.69) is 47.1 Å². The normalized spacial score (nSPS) is 11.1. The Kier molecular flexibility index (Phi) is 4.10. The van der Waals surface area contributed by atoms with Gasteiger partial charge in [0, 0.05) is 31.6 Å². The van der Waals surface area contributed by atoms with Crippen LogP contribution in [0.25, 0.3) is 10.9 Å². The Morgan fingerprint density at radius 3 is 2.78 bits per heavy atom. The molecule has 1 aromatic heterocycles. The molecule has 0 atom stereocenters. The van der Waals surface area contributed by atoms with Crippen LogP contribution in [0.5, 0.6) is 0 Å². The Balaban J connectivity index is 2.15. The van der Waals surface area contributed by atoms with Gasteiger partial charge in [-0.2, -0.15) is 0 Å². The van der Waals surface area contributed by atoms with Crippen molar-refractivity contribution in [2.24, 2.45) is 0 Å². The summed E-state index contributed by atoms with van der Waals surface area (Å²) in [5.74, 6) is 0.992. The summed E-state index contributed by atoms with van der Waals surface area (Å²) in [6.45, 7) is 6.19. The molecule has 18 heavy (non-hydrogen) atoms. The average Bonchev–Trinajstić information content (AvgIpc) is 2.37. The van der Waals surface area contributed by atoms with Crippen LogP contribution in [-0.4, -0.2) is 36.1 Å². The number of rotatable bonds is 5. The van der Waals surface area contributed by atoms with Gasteiger partial charge in [-0.15, -0.1) is 0 Å². The molecule has 0 fully saturated rings. The molecule has 1 aromatic carbocycles. The first-order chi connectivity index (χ1) is 8.68. The van der Waals surface area contributed by atoms with Crippen LogP contribution in [0.1, 0.15) is 13.8 Å². The smallest absolute Gasteiger partial charge is 0.139 e. The standard InChI is InChI=1S/C14H20N4/c1-11(2)15-8-9-18(3)14-12-6-4-5-7-13(12)16-10-17-14/h4-7,10-11,15H,8-9H2,1-3H3. The number of nitrogens with one attached hydrogen (secondary N) is 1. The topological polar surface area (TPSA) is 41.0 Å². The van der Waals surface area contributed by atoms with Crippen molar-refractivity contribution in [3.8, 4) is 0 Å². The number of para-hydroxylation sites is 1. The van der Waals surface area contributed by atoms with E-state index in [9.17, 15) is 0 Å². The third-order valence-electron chi connectivity index (χ3n) is 2.88. The summed E-state index contributed by atoms with van der Waals surface area (Å²) >= 11 is 0. The predicted molar refractivity (Wildman–Crippen MR) is 75.9 cm³/mol. The summed E-state index contributed by atoms with van der Waals surface area (Å²) < 4.78 is 0. The van der Waals surface area contributed by atoms with Gasteiger partial charge in [0.25, 0.3) is 0 Å². The van der Waals surface area contributed by atoms with E-state index in [4.69, 9.17) is 0 Å². The van der Waals surface area contributed by atoms with E-state index in [0.717, 1.165) is 29.8 Å². The van der Waals surface area contributed by atoms with Crippen LogP contribution < -0.4 is 10.2 Å². The Hall–Kier alpha value is -1.68. The van der Waals surface area contributed by atoms with E-state index >= 15 is 0 Å². The largest absolute Gasteiger partial charge is 0.358 e. The fourth-order valence-electron chi connectivity index (χ4n) is 1.92. The summed E-state index contributed by atoms with van der Waals surface area (Å²) in [6, 6.07) is 8.62. The molecule has 1 heterocycles. The number of aromatic nitrogens is 2. The van der Waals surface area contributed by atoms with Crippen LogP contribution in [-0.2, 0) is 0 Å². The van der Waals surface area contributed by atoms with Gasteiger partial charge in [-0.25, -0.2) is 9.97 Å². The molecule has 4 heteroatoms. The molecular formula is C14H20N4. The molecule has 1 N–H and O–H groups in total. The van der Waals surface area contributed by atoms with Crippen molar-refractivity contribution in [3.05, 3.63) is 30.6 Å². The van der Waals surface area contributed by atoms with Crippen molar-refractivity contribution in [3.63, 3.8) is 0 Å². The van der Waals surface area contributed by atoms with Crippen molar-refractivity contribution < 1.29 is 0 Å². The first-order valence-corrected chi connectivity index (χ1v) is 6.32. The molecule has 0 radical (unpaired) electrons. The van der Waals surface area contributed by atoms with Crippen molar-refractivity contribution in [2.45, 2.75) is 19.9 Å². The zero-order valence-electron chi connectivity index (χ0n) is 11.2. The Morgan fingerprint density at radius 2 is 2.00 bits per heavy atom. The van der Waals surface area contributed by atoms with Crippen LogP contribution in [0.2, 0.25) is 0 Å². The van der Waals surface area contributed by atoms with E-state index in [-0.39, 0.29) is 0 Å². The second-order valence-electron chi connectivity index (χ2n) is 4.74. The minimum atomic E-state index is 0.514. The number of anilines is 1. The van der Waals surface area contributed by atoms with E-state index in [1.807, 2.05) is 18.2 Å². The number of fused-ring (bicyclic) bond motifs is 1. The predicted octanol–water partition coefficient (Wildman–Crippen LogP) is 2.06. The third-order valence-corrected chi connectivity index (χ3v) is 2.88. The van der Waals surface area contributed by atoms with Crippen LogP contribution in [0.15, 0.2) is 30.6 Å². The van der Waals surface area contributed by atoms with Crippen LogP contribution in [0, 0.1) is 0 Å². The van der Waals surface area contributed by atoms with Gasteiger partial charge in [-0.05, 0) is 12.1 Å². The number of benzene rings is 1. The Labute approximate surface area is 108 Å². The lowest BCUT2D eigenvalue weighted by Crippen LogP contribution is -2.33. The molecule has 0 aliphatic rings. The molecule has 0 aliphatic carbocycles. The minimum Gasteiger partial charge on any atom is -0.358 e. The maximum atomic E-state index is 4.39. The maximum Gasteiger partial charge on any atom is 0.139 e. The molecule has 2 rings (SSSR count). The van der Waals surface area contributed by atoms with Gasteiger partial charge in [0.05, 0.1) is 5.52 Å². The number of nitrogens with zero attached hydrogens (tertiary/aromatic N) is 3. The Bertz CT molecular complexity index is 505. The van der Waals surface area contributed by atoms with Gasteiger partial charge >= 0.3 is 0 Å². The average molecular weight is 244 g/mol. The fourth-order valence-corrected chi connectivity index (χ4v) is 1.92. The molecule has 0 aliphatic heterocycles. The van der Waals surface area contributed by atoms with Gasteiger partial charge in [-0.1, -0.05) is 26.0 Å². The fraction of sp³-hybridized carbons (Fsp3) is 0.429. The molecule has 0 amide bonds. The lowest BCUT2D eigenvalue weighted by Gasteiger charge is -2.20. The highest BCUT2D eigenvalue weighted by Crippen LogP contribution is 2.20. The zero-order valence-corrected chi connectivity index (χ0v) is 11.2. The second-order valence-corrected chi connectivity index (χ2v) is 4.74. The summed E-state index contributed by atoms with van der Waals surface area (Å²) in [5, 5.41) is 4.51. The number of hydrogen-bond acceptors (Lipinski definition) is 4. The first-order valence-electron chi connectivity index (χ1n) is 6.32. The van der Waals surface area contributed by atoms with Crippen molar-refractivity contribution >= 4 is 16.7 Å². The van der Waals surface area contributed by atoms with Crippen LogP contribution >= 0.6 is 0 Å². The lowest BCUT2D eigenvalue weighted by atomic mass is 10.2. The van der Waals surface area contributed by atoms with Gasteiger partial charge in [0.2, 0.25) is 0 Å². The third kappa shape index (κ3) is 2.96. The summed E-state index contributed by atoms with van der Waals surface area (Å²) in [4.78, 5) is 10.8. The summed E-state index contributed by atoms with van der Waals surface area (Å²) in [5.41, 5.74) is 0.992. The van der Waals surface area contributed by atoms with Crippen LogP contribution in [0.4, 0.5) is 5.82 Å². The van der Waals surface area contributed by atoms with E-state index < -0.39 is 0 Å². The molecule has 0 saturated heterocycles. The van der Waals surface area contributed by atoms with Crippen molar-refractivity contribution in [1.82, 2.24) is 15.3 Å². The van der Waals surface area contributed by atoms with Gasteiger partial charge in [-0.3, -0.25) is 0 Å². The molecule has 4 nitrogen and oxygen atoms in total. The van der Waals surface area contributed by atoms with E-state index in [1.165, 1.54) is 0 Å². The van der Waals surface area contributed by atoms with Gasteiger partial charge in [0.1, 0.15) is 12.1 Å². The maximum absolute atomic E-state index is 4.39. The second kappa shape index (κ2) is 5.78. The number of likely N-dealkylation sites (N-methyl/N-ethyl adjacent to an activating group) is 1. The summed E-state index contributed by atoms with van der Waals surface area (Å²) in [7, 11) is 2.07. The highest BCUT2D eigenvalue weighted by molar-refractivity contribution is 5.89. The highest BCUT2D eigenvalue weighted by Gasteiger charge is 2.07. The molecule has 0 bridgehead atoms. The minimum absolute atomic E-state index is 0.514. The van der Waals surface area contributed by atoms with Crippen molar-refractivity contribution in [2.75, 3.05) is 25.0 Å². The monoisotopic (exact) mass is 244 g/mol. The highest BCUT2D eigenvalue weighted by atomic mass is 15.2. The molecule has 0 unspecified atom stereocenters. The van der Waals surface area contributed by atoms with E-state index in [1.54, 1.807) is 6.33 Å². The molecule has 0 spiro atoms. The van der Waals surface area contributed by atoms with Crippen molar-refractivity contribution in [1.29, 1.82) is 0 Å². The molecular weight excluding hydrogens is 224 g/mol. The molecule has 96 valence electrons. The Morgan fingerprint density at radius 1 is 1.22 bits per heavy atom.